The Morgan fingerprint density at radius 2 is 1.52 bits per heavy atom. The Bertz CT molecular complexity index is 1490. The summed E-state index contributed by atoms with van der Waals surface area (Å²) >= 11 is 0. The Kier molecular flexibility index (Phi) is 11.7. The molecule has 0 amide bonds. The number of pyridine rings is 1. The standard InChI is InChI=1S/C36H40N3O6P/c1-37-22-23-43-46(39(2)3)45-34-24-33(27-10-9-21-38-25-27)44-35(34)26-42-36(28-11-7-6-8-12-28,29-13-17-31(40-4)18-14-29)30-15-19-32(41-5)20-16-30/h6-21,25,33-35H,22-24,26H2,2-5H3/t33-,34?,35?,46?/m1/s1. The number of rotatable bonds is 15. The van der Waals surface area contributed by atoms with Crippen molar-refractivity contribution < 1.29 is 28.0 Å². The largest absolute Gasteiger partial charge is 0.497 e. The van der Waals surface area contributed by atoms with Gasteiger partial charge in [-0.25, -0.2) is 11.2 Å². The van der Waals surface area contributed by atoms with Crippen LogP contribution < -0.4 is 9.47 Å². The van der Waals surface area contributed by atoms with Crippen molar-refractivity contribution in [2.24, 2.45) is 0 Å². The fourth-order valence-corrected chi connectivity index (χ4v) is 6.73. The molecule has 0 N–H and O–H groups in total. The molecule has 9 nitrogen and oxygen atoms in total. The van der Waals surface area contributed by atoms with Crippen LogP contribution in [-0.4, -0.2) is 69.9 Å². The fourth-order valence-electron chi connectivity index (χ4n) is 5.56. The molecule has 1 fully saturated rings. The molecule has 1 saturated heterocycles. The van der Waals surface area contributed by atoms with E-state index in [1.807, 2.05) is 104 Å². The monoisotopic (exact) mass is 641 g/mol. The SMILES string of the molecule is [C-]#[N+]CCOP(OC1C[C@H](c2cccnc2)OC1COC(c1ccccc1)(c1ccc(OC)cc1)c1ccc(OC)cc1)N(C)C. The van der Waals surface area contributed by atoms with Gasteiger partial charge in [-0.05, 0) is 66.7 Å². The Labute approximate surface area is 272 Å². The lowest BCUT2D eigenvalue weighted by Gasteiger charge is -2.37. The van der Waals surface area contributed by atoms with E-state index < -0.39 is 20.2 Å². The normalized spacial score (nSPS) is 18.7. The first-order valence-corrected chi connectivity index (χ1v) is 16.3. The highest BCUT2D eigenvalue weighted by molar-refractivity contribution is 7.44. The first kappa shape index (κ1) is 33.5. The van der Waals surface area contributed by atoms with Crippen molar-refractivity contribution in [3.63, 3.8) is 0 Å². The average Bonchev–Trinajstić information content (AvgIpc) is 3.52. The molecule has 0 saturated carbocycles. The lowest BCUT2D eigenvalue weighted by Crippen LogP contribution is -2.38. The number of aromatic nitrogens is 1. The average molecular weight is 642 g/mol. The molecule has 5 rings (SSSR count). The second-order valence-electron chi connectivity index (χ2n) is 10.9. The van der Waals surface area contributed by atoms with Gasteiger partial charge in [-0.15, -0.1) is 0 Å². The summed E-state index contributed by atoms with van der Waals surface area (Å²) in [4.78, 5) is 7.75. The molecule has 3 aromatic carbocycles. The minimum atomic E-state index is -1.43. The van der Waals surface area contributed by atoms with Crippen molar-refractivity contribution in [1.82, 2.24) is 9.65 Å². The number of benzene rings is 3. The van der Waals surface area contributed by atoms with Gasteiger partial charge in [0.2, 0.25) is 6.54 Å². The maximum absolute atomic E-state index is 7.18. The minimum Gasteiger partial charge on any atom is -0.497 e. The molecule has 0 bridgehead atoms. The summed E-state index contributed by atoms with van der Waals surface area (Å²) in [6, 6.07) is 30.0. The summed E-state index contributed by atoms with van der Waals surface area (Å²) in [6.07, 6.45) is 3.17. The van der Waals surface area contributed by atoms with Crippen molar-refractivity contribution in [3.05, 3.63) is 137 Å². The predicted octanol–water partition coefficient (Wildman–Crippen LogP) is 7.05. The molecule has 2 heterocycles. The highest BCUT2D eigenvalue weighted by atomic mass is 31.2. The van der Waals surface area contributed by atoms with Crippen molar-refractivity contribution in [3.8, 4) is 11.5 Å². The maximum atomic E-state index is 7.18. The van der Waals surface area contributed by atoms with Gasteiger partial charge in [-0.1, -0.05) is 60.7 Å². The number of nitrogens with zero attached hydrogens (tertiary/aromatic N) is 3. The van der Waals surface area contributed by atoms with E-state index >= 15 is 0 Å². The topological polar surface area (TPSA) is 75.9 Å². The van der Waals surface area contributed by atoms with Gasteiger partial charge in [0.05, 0.1) is 33.0 Å². The minimum absolute atomic E-state index is 0.215. The first-order valence-electron chi connectivity index (χ1n) is 15.1. The van der Waals surface area contributed by atoms with Crippen LogP contribution in [0.1, 0.15) is 34.8 Å². The van der Waals surface area contributed by atoms with Crippen LogP contribution in [-0.2, 0) is 24.1 Å². The number of methoxy groups -OCH3 is 2. The number of hydrogen-bond donors (Lipinski definition) is 0. The molecular formula is C36H40N3O6P. The van der Waals surface area contributed by atoms with E-state index in [1.54, 1.807) is 20.4 Å². The molecule has 1 aliphatic heterocycles. The molecule has 0 aliphatic carbocycles. The van der Waals surface area contributed by atoms with Gasteiger partial charge in [-0.3, -0.25) is 4.98 Å². The second-order valence-corrected chi connectivity index (χ2v) is 12.7. The third-order valence-corrected chi connectivity index (χ3v) is 9.36. The van der Waals surface area contributed by atoms with Crippen LogP contribution in [0.4, 0.5) is 0 Å². The van der Waals surface area contributed by atoms with Crippen LogP contribution in [0.15, 0.2) is 103 Å². The molecule has 4 aromatic rings. The first-order chi connectivity index (χ1) is 22.5. The van der Waals surface area contributed by atoms with E-state index in [4.69, 9.17) is 34.6 Å². The molecule has 0 radical (unpaired) electrons. The summed E-state index contributed by atoms with van der Waals surface area (Å²) in [5.41, 5.74) is 2.80. The molecule has 1 aromatic heterocycles. The van der Waals surface area contributed by atoms with Gasteiger partial charge in [-0.2, -0.15) is 0 Å². The zero-order valence-corrected chi connectivity index (χ0v) is 27.5. The van der Waals surface area contributed by atoms with Crippen molar-refractivity contribution in [2.75, 3.05) is 48.1 Å². The van der Waals surface area contributed by atoms with Gasteiger partial charge >= 0.3 is 0 Å². The molecule has 1 aliphatic rings. The number of ether oxygens (including phenoxy) is 4. The highest BCUT2D eigenvalue weighted by Gasteiger charge is 2.44. The van der Waals surface area contributed by atoms with Crippen LogP contribution in [0.5, 0.6) is 11.5 Å². The molecule has 46 heavy (non-hydrogen) atoms. The van der Waals surface area contributed by atoms with Crippen LogP contribution in [0, 0.1) is 6.57 Å². The van der Waals surface area contributed by atoms with Gasteiger partial charge < -0.3 is 32.8 Å². The Morgan fingerprint density at radius 3 is 2.07 bits per heavy atom. The van der Waals surface area contributed by atoms with Crippen LogP contribution >= 0.6 is 8.53 Å². The Balaban J connectivity index is 1.53. The fraction of sp³-hybridized carbons (Fsp3) is 0.333. The third-order valence-electron chi connectivity index (χ3n) is 7.85. The van der Waals surface area contributed by atoms with E-state index in [2.05, 4.69) is 22.0 Å². The molecule has 4 atom stereocenters. The molecule has 3 unspecified atom stereocenters. The number of hydrogen-bond acceptors (Lipinski definition) is 8. The van der Waals surface area contributed by atoms with Gasteiger partial charge in [0.1, 0.15) is 29.8 Å². The van der Waals surface area contributed by atoms with E-state index in [9.17, 15) is 0 Å². The second kappa shape index (κ2) is 16.1. The molecule has 10 heteroatoms. The van der Waals surface area contributed by atoms with E-state index in [-0.39, 0.29) is 25.4 Å². The zero-order valence-electron chi connectivity index (χ0n) is 26.6. The van der Waals surface area contributed by atoms with Crippen molar-refractivity contribution in [2.45, 2.75) is 30.3 Å². The van der Waals surface area contributed by atoms with Gasteiger partial charge in [0.25, 0.3) is 8.53 Å². The van der Waals surface area contributed by atoms with Gasteiger partial charge in [0, 0.05) is 18.8 Å². The van der Waals surface area contributed by atoms with Crippen LogP contribution in [0.25, 0.3) is 4.85 Å². The lowest BCUT2D eigenvalue weighted by atomic mass is 9.80. The Morgan fingerprint density at radius 1 is 0.891 bits per heavy atom. The highest BCUT2D eigenvalue weighted by Crippen LogP contribution is 2.48. The maximum Gasteiger partial charge on any atom is 0.258 e. The summed E-state index contributed by atoms with van der Waals surface area (Å²) in [5.74, 6) is 1.50. The predicted molar refractivity (Wildman–Crippen MR) is 178 cm³/mol. The third kappa shape index (κ3) is 7.73. The molecule has 240 valence electrons. The van der Waals surface area contributed by atoms with Crippen molar-refractivity contribution >= 4 is 8.53 Å². The zero-order chi connectivity index (χ0) is 32.4. The summed E-state index contributed by atoms with van der Waals surface area (Å²) in [5, 5.41) is 0. The Hall–Kier alpha value is -3.87. The smallest absolute Gasteiger partial charge is 0.258 e. The summed E-state index contributed by atoms with van der Waals surface area (Å²) in [7, 11) is 5.71. The van der Waals surface area contributed by atoms with Crippen LogP contribution in [0.2, 0.25) is 0 Å². The van der Waals surface area contributed by atoms with Crippen LogP contribution in [0.3, 0.4) is 0 Å². The summed E-state index contributed by atoms with van der Waals surface area (Å²) in [6.45, 7) is 7.92. The lowest BCUT2D eigenvalue weighted by molar-refractivity contribution is -0.0802. The quantitative estimate of drug-likeness (QED) is 0.0592. The summed E-state index contributed by atoms with van der Waals surface area (Å²) < 4.78 is 39.4. The van der Waals surface area contributed by atoms with E-state index in [1.165, 1.54) is 0 Å². The van der Waals surface area contributed by atoms with E-state index in [0.29, 0.717) is 13.0 Å². The molecule has 0 spiro atoms. The molecular weight excluding hydrogens is 601 g/mol. The van der Waals surface area contributed by atoms with E-state index in [0.717, 1.165) is 33.8 Å². The van der Waals surface area contributed by atoms with Gasteiger partial charge in [0.15, 0.2) is 0 Å². The van der Waals surface area contributed by atoms with Crippen molar-refractivity contribution in [1.29, 1.82) is 0 Å².